The molecule has 0 aromatic rings. The van der Waals surface area contributed by atoms with E-state index >= 15 is 0 Å². The lowest BCUT2D eigenvalue weighted by Crippen LogP contribution is -2.24. The smallest absolute Gasteiger partial charge is 0.0679 e. The van der Waals surface area contributed by atoms with Crippen molar-refractivity contribution >= 4 is 0 Å². The van der Waals surface area contributed by atoms with E-state index in [-0.39, 0.29) is 5.41 Å². The van der Waals surface area contributed by atoms with Gasteiger partial charge in [0.05, 0.1) is 12.0 Å². The van der Waals surface area contributed by atoms with Crippen LogP contribution >= 0.6 is 0 Å². The molecular weight excluding hydrogens is 148 g/mol. The molecule has 1 unspecified atom stereocenters. The van der Waals surface area contributed by atoms with E-state index in [1.165, 1.54) is 5.70 Å². The number of hydrazine groups is 1. The van der Waals surface area contributed by atoms with Crippen molar-refractivity contribution in [3.63, 3.8) is 0 Å². The molecule has 3 rings (SSSR count). The van der Waals surface area contributed by atoms with E-state index in [0.29, 0.717) is 0 Å². The number of hydrogen-bond acceptors (Lipinski definition) is 2. The molecule has 1 aliphatic carbocycles. The summed E-state index contributed by atoms with van der Waals surface area (Å²) in [4.78, 5) is 0. The van der Waals surface area contributed by atoms with Crippen LogP contribution in [0.25, 0.3) is 0 Å². The van der Waals surface area contributed by atoms with Crippen LogP contribution < -0.4 is 5.43 Å². The molecule has 2 nitrogen and oxygen atoms in total. The molecule has 1 N–H and O–H groups in total. The molecule has 12 heavy (non-hydrogen) atoms. The lowest BCUT2D eigenvalue weighted by Gasteiger charge is -2.15. The minimum absolute atomic E-state index is 0.142. The van der Waals surface area contributed by atoms with Crippen molar-refractivity contribution < 1.29 is 0 Å². The van der Waals surface area contributed by atoms with Gasteiger partial charge in [0.15, 0.2) is 0 Å². The van der Waals surface area contributed by atoms with Gasteiger partial charge in [-0.15, -0.1) is 0 Å². The van der Waals surface area contributed by atoms with Crippen molar-refractivity contribution in [2.75, 3.05) is 6.54 Å². The highest BCUT2D eigenvalue weighted by Gasteiger charge is 2.39. The van der Waals surface area contributed by atoms with Crippen LogP contribution in [0, 0.1) is 5.41 Å². The van der Waals surface area contributed by atoms with E-state index in [9.17, 15) is 0 Å². The van der Waals surface area contributed by atoms with Crippen molar-refractivity contribution in [1.82, 2.24) is 10.4 Å². The molecule has 2 aliphatic heterocycles. The first-order chi connectivity index (χ1) is 5.89. The second-order valence-corrected chi connectivity index (χ2v) is 3.42. The first-order valence-electron chi connectivity index (χ1n) is 4.18. The number of rotatable bonds is 0. The molecule has 2 bridgehead atoms. The summed E-state index contributed by atoms with van der Waals surface area (Å²) in [5.74, 6) is 0. The fourth-order valence-corrected chi connectivity index (χ4v) is 1.99. The molecule has 3 aliphatic rings. The van der Waals surface area contributed by atoms with Gasteiger partial charge in [0.2, 0.25) is 0 Å². The molecule has 2 heterocycles. The van der Waals surface area contributed by atoms with Crippen LogP contribution in [0.3, 0.4) is 0 Å². The van der Waals surface area contributed by atoms with Gasteiger partial charge in [0.1, 0.15) is 0 Å². The first kappa shape index (κ1) is 6.12. The van der Waals surface area contributed by atoms with E-state index in [1.807, 2.05) is 0 Å². The topological polar surface area (TPSA) is 15.3 Å². The third-order valence-corrected chi connectivity index (χ3v) is 2.62. The van der Waals surface area contributed by atoms with Gasteiger partial charge < -0.3 is 5.43 Å². The van der Waals surface area contributed by atoms with Crippen molar-refractivity contribution in [2.45, 2.75) is 0 Å². The maximum atomic E-state index is 3.34. The zero-order valence-electron chi connectivity index (χ0n) is 6.70. The molecule has 1 atom stereocenters. The van der Waals surface area contributed by atoms with Gasteiger partial charge in [-0.2, -0.15) is 0 Å². The summed E-state index contributed by atoms with van der Waals surface area (Å²) in [6.07, 6.45) is 15.0. The van der Waals surface area contributed by atoms with E-state index in [1.54, 1.807) is 0 Å². The predicted octanol–water partition coefficient (Wildman–Crippen LogP) is 1.33. The summed E-state index contributed by atoms with van der Waals surface area (Å²) < 4.78 is 0. The summed E-state index contributed by atoms with van der Waals surface area (Å²) in [5.41, 5.74) is 4.78. The highest BCUT2D eigenvalue weighted by molar-refractivity contribution is 5.42. The van der Waals surface area contributed by atoms with Crippen LogP contribution in [0.2, 0.25) is 0 Å². The molecule has 1 fully saturated rings. The van der Waals surface area contributed by atoms with Gasteiger partial charge in [-0.05, 0) is 12.2 Å². The Bertz CT molecular complexity index is 336. The third-order valence-electron chi connectivity index (χ3n) is 2.62. The van der Waals surface area contributed by atoms with Crippen LogP contribution in [0.5, 0.6) is 0 Å². The van der Waals surface area contributed by atoms with Gasteiger partial charge in [0, 0.05) is 11.9 Å². The van der Waals surface area contributed by atoms with E-state index in [4.69, 9.17) is 0 Å². The highest BCUT2D eigenvalue weighted by atomic mass is 15.5. The molecule has 0 saturated carbocycles. The van der Waals surface area contributed by atoms with Crippen molar-refractivity contribution in [3.8, 4) is 0 Å². The lowest BCUT2D eigenvalue weighted by molar-refractivity contribution is 0.354. The largest absolute Gasteiger partial charge is 0.302 e. The second-order valence-electron chi connectivity index (χ2n) is 3.42. The van der Waals surface area contributed by atoms with Gasteiger partial charge >= 0.3 is 0 Å². The van der Waals surface area contributed by atoms with Crippen molar-refractivity contribution in [1.29, 1.82) is 0 Å². The second kappa shape index (κ2) is 1.83. The molecule has 1 saturated heterocycles. The lowest BCUT2D eigenvalue weighted by atomic mass is 9.88. The van der Waals surface area contributed by atoms with E-state index in [2.05, 4.69) is 53.1 Å². The van der Waals surface area contributed by atoms with Crippen molar-refractivity contribution in [3.05, 3.63) is 48.4 Å². The average molecular weight is 158 g/mol. The maximum absolute atomic E-state index is 3.34. The number of nitrogens with zero attached hydrogens (tertiary/aromatic N) is 1. The average Bonchev–Trinajstić information content (AvgIpc) is 2.39. The van der Waals surface area contributed by atoms with E-state index < -0.39 is 0 Å². The molecule has 0 aromatic carbocycles. The molecule has 0 amide bonds. The third kappa shape index (κ3) is 0.600. The summed E-state index contributed by atoms with van der Waals surface area (Å²) in [5, 5.41) is 2.12. The Hall–Kier alpha value is -1.44. The Morgan fingerprint density at radius 1 is 1.25 bits per heavy atom. The van der Waals surface area contributed by atoms with Crippen LogP contribution in [0.1, 0.15) is 0 Å². The molecule has 60 valence electrons. The minimum atomic E-state index is 0.142. The van der Waals surface area contributed by atoms with Crippen LogP contribution in [-0.2, 0) is 0 Å². The molecule has 2 heteroatoms. The molecule has 1 spiro atoms. The number of allylic oxidation sites excluding steroid dienone is 4. The quantitative estimate of drug-likeness (QED) is 0.572. The van der Waals surface area contributed by atoms with Gasteiger partial charge in [0.25, 0.3) is 0 Å². The Morgan fingerprint density at radius 2 is 2.17 bits per heavy atom. The summed E-state index contributed by atoms with van der Waals surface area (Å²) in [6, 6.07) is 0. The monoisotopic (exact) mass is 158 g/mol. The highest BCUT2D eigenvalue weighted by Crippen LogP contribution is 2.40. The molecule has 0 radical (unpaired) electrons. The normalized spacial score (nSPS) is 34.7. The summed E-state index contributed by atoms with van der Waals surface area (Å²) in [7, 11) is 0. The number of hydrogen-bond donors (Lipinski definition) is 1. The molecular formula is C10H10N2. The predicted molar refractivity (Wildman–Crippen MR) is 47.8 cm³/mol. The SMILES string of the molecule is C1=CN2CC3(C=C1)C=CC=C3N2. The summed E-state index contributed by atoms with van der Waals surface area (Å²) >= 11 is 0. The number of nitrogens with one attached hydrogen (secondary N) is 1. The standard InChI is InChI=1S/C10H10N2/c1-2-7-12-8-10(5-1)6-3-4-9(10)11-12/h1-7,11H,8H2. The Balaban J connectivity index is 2.15. The van der Waals surface area contributed by atoms with Gasteiger partial charge in [-0.1, -0.05) is 24.3 Å². The zero-order chi connectivity index (χ0) is 8.02. The maximum Gasteiger partial charge on any atom is 0.0679 e. The summed E-state index contributed by atoms with van der Waals surface area (Å²) in [6.45, 7) is 1.02. The van der Waals surface area contributed by atoms with Crippen molar-refractivity contribution in [2.24, 2.45) is 5.41 Å². The Kier molecular flexibility index (Phi) is 0.933. The van der Waals surface area contributed by atoms with E-state index in [0.717, 1.165) is 6.54 Å². The van der Waals surface area contributed by atoms with Crippen LogP contribution in [0.4, 0.5) is 0 Å². The fourth-order valence-electron chi connectivity index (χ4n) is 1.99. The minimum Gasteiger partial charge on any atom is -0.302 e. The first-order valence-corrected chi connectivity index (χ1v) is 4.18. The van der Waals surface area contributed by atoms with Gasteiger partial charge in [-0.25, -0.2) is 0 Å². The zero-order valence-corrected chi connectivity index (χ0v) is 6.70. The Morgan fingerprint density at radius 3 is 3.17 bits per heavy atom. The Labute approximate surface area is 71.5 Å². The fraction of sp³-hybridized carbons (Fsp3) is 0.200. The van der Waals surface area contributed by atoms with Gasteiger partial charge in [-0.3, -0.25) is 5.01 Å². The number of fused-ring (bicyclic) bond motifs is 1. The van der Waals surface area contributed by atoms with Crippen LogP contribution in [-0.4, -0.2) is 11.6 Å². The molecule has 0 aromatic heterocycles. The van der Waals surface area contributed by atoms with Crippen LogP contribution in [0.15, 0.2) is 48.4 Å².